The van der Waals surface area contributed by atoms with Crippen LogP contribution in [-0.4, -0.2) is 36.5 Å². The number of likely N-dealkylation sites (tertiary alicyclic amines) is 1. The molecule has 13 heavy (non-hydrogen) atoms. The number of rotatable bonds is 3. The average molecular weight is 207 g/mol. The minimum absolute atomic E-state index is 0. The van der Waals surface area contributed by atoms with Crippen molar-refractivity contribution in [3.63, 3.8) is 0 Å². The highest BCUT2D eigenvalue weighted by atomic mass is 35.5. The molecule has 1 amide bonds. The number of halogens is 1. The third-order valence-electron chi connectivity index (χ3n) is 2.42. The Labute approximate surface area is 86.3 Å². The van der Waals surface area contributed by atoms with E-state index in [9.17, 15) is 4.79 Å². The molecular weight excluding hydrogens is 188 g/mol. The molecule has 0 spiro atoms. The quantitative estimate of drug-likeness (QED) is 0.748. The van der Waals surface area contributed by atoms with E-state index in [0.29, 0.717) is 0 Å². The second kappa shape index (κ2) is 6.22. The van der Waals surface area contributed by atoms with E-state index >= 15 is 0 Å². The van der Waals surface area contributed by atoms with E-state index in [-0.39, 0.29) is 24.4 Å². The first kappa shape index (κ1) is 12.7. The summed E-state index contributed by atoms with van der Waals surface area (Å²) in [6, 6.07) is 0.148. The first-order valence-corrected chi connectivity index (χ1v) is 4.81. The van der Waals surface area contributed by atoms with Crippen molar-refractivity contribution < 1.29 is 4.79 Å². The number of hydrogen-bond donors (Lipinski definition) is 1. The van der Waals surface area contributed by atoms with Crippen molar-refractivity contribution in [2.24, 2.45) is 0 Å². The molecular formula is C9H19ClN2O. The number of nitrogens with zero attached hydrogens (tertiary/aromatic N) is 1. The largest absolute Gasteiger partial charge is 0.355 e. The van der Waals surface area contributed by atoms with E-state index in [2.05, 4.69) is 17.1 Å². The summed E-state index contributed by atoms with van der Waals surface area (Å²) in [5, 5.41) is 2.87. The van der Waals surface area contributed by atoms with Gasteiger partial charge in [0.05, 0.1) is 6.04 Å². The lowest BCUT2D eigenvalue weighted by Gasteiger charge is -2.21. The van der Waals surface area contributed by atoms with Gasteiger partial charge >= 0.3 is 0 Å². The third-order valence-corrected chi connectivity index (χ3v) is 2.42. The standard InChI is InChI=1S/C9H18N2O.ClH/c1-3-10-9(12)8-6-5-7-11(8)4-2;/h8H,3-7H2,1-2H3,(H,10,12);1H/t8-;/m0./s1. The van der Waals surface area contributed by atoms with E-state index in [1.54, 1.807) is 0 Å². The van der Waals surface area contributed by atoms with Crippen LogP contribution < -0.4 is 5.32 Å². The predicted molar refractivity (Wildman–Crippen MR) is 56.2 cm³/mol. The Morgan fingerprint density at radius 2 is 2.23 bits per heavy atom. The lowest BCUT2D eigenvalue weighted by molar-refractivity contribution is -0.125. The summed E-state index contributed by atoms with van der Waals surface area (Å²) in [6.45, 7) is 6.88. The molecule has 78 valence electrons. The number of amides is 1. The molecule has 1 heterocycles. The molecule has 0 unspecified atom stereocenters. The molecule has 3 nitrogen and oxygen atoms in total. The molecule has 1 saturated heterocycles. The fraction of sp³-hybridized carbons (Fsp3) is 0.889. The van der Waals surface area contributed by atoms with Crippen molar-refractivity contribution in [1.29, 1.82) is 0 Å². The van der Waals surface area contributed by atoms with Gasteiger partial charge in [0.25, 0.3) is 0 Å². The van der Waals surface area contributed by atoms with Crippen molar-refractivity contribution >= 4 is 18.3 Å². The molecule has 0 saturated carbocycles. The highest BCUT2D eigenvalue weighted by molar-refractivity contribution is 5.85. The van der Waals surface area contributed by atoms with Crippen LogP contribution in [-0.2, 0) is 4.79 Å². The van der Waals surface area contributed by atoms with Crippen molar-refractivity contribution in [3.05, 3.63) is 0 Å². The Morgan fingerprint density at radius 1 is 1.54 bits per heavy atom. The van der Waals surface area contributed by atoms with Crippen molar-refractivity contribution in [3.8, 4) is 0 Å². The van der Waals surface area contributed by atoms with Crippen molar-refractivity contribution in [1.82, 2.24) is 10.2 Å². The molecule has 0 radical (unpaired) electrons. The van der Waals surface area contributed by atoms with Crippen LogP contribution in [0.3, 0.4) is 0 Å². The summed E-state index contributed by atoms with van der Waals surface area (Å²) >= 11 is 0. The Bertz CT molecular complexity index is 164. The minimum atomic E-state index is 0. The van der Waals surface area contributed by atoms with Gasteiger partial charge in [-0.15, -0.1) is 12.4 Å². The van der Waals surface area contributed by atoms with Crippen LogP contribution in [0.15, 0.2) is 0 Å². The minimum Gasteiger partial charge on any atom is -0.355 e. The van der Waals surface area contributed by atoms with E-state index in [0.717, 1.165) is 32.5 Å². The zero-order chi connectivity index (χ0) is 8.97. The smallest absolute Gasteiger partial charge is 0.237 e. The first-order valence-electron chi connectivity index (χ1n) is 4.81. The van der Waals surface area contributed by atoms with Crippen molar-refractivity contribution in [2.45, 2.75) is 32.7 Å². The molecule has 1 rings (SSSR count). The maximum absolute atomic E-state index is 11.5. The van der Waals surface area contributed by atoms with Gasteiger partial charge in [0, 0.05) is 6.54 Å². The molecule has 1 atom stereocenters. The number of carbonyl (C=O) groups excluding carboxylic acids is 1. The molecule has 0 aromatic rings. The normalized spacial score (nSPS) is 22.5. The van der Waals surface area contributed by atoms with E-state index in [1.807, 2.05) is 6.92 Å². The van der Waals surface area contributed by atoms with Crippen molar-refractivity contribution in [2.75, 3.05) is 19.6 Å². The van der Waals surface area contributed by atoms with Crippen LogP contribution in [0.1, 0.15) is 26.7 Å². The molecule has 1 aliphatic heterocycles. The van der Waals surface area contributed by atoms with Crippen LogP contribution >= 0.6 is 12.4 Å². The van der Waals surface area contributed by atoms with Gasteiger partial charge < -0.3 is 5.32 Å². The SMILES string of the molecule is CCNC(=O)[C@@H]1CCCN1CC.Cl. The van der Waals surface area contributed by atoms with Gasteiger partial charge in [0.2, 0.25) is 5.91 Å². The van der Waals surface area contributed by atoms with Crippen LogP contribution in [0.25, 0.3) is 0 Å². The summed E-state index contributed by atoms with van der Waals surface area (Å²) in [4.78, 5) is 13.7. The van der Waals surface area contributed by atoms with Gasteiger partial charge in [0.1, 0.15) is 0 Å². The maximum Gasteiger partial charge on any atom is 0.237 e. The summed E-state index contributed by atoms with van der Waals surface area (Å²) in [5.41, 5.74) is 0. The Morgan fingerprint density at radius 3 is 2.77 bits per heavy atom. The summed E-state index contributed by atoms with van der Waals surface area (Å²) in [7, 11) is 0. The molecule has 1 N–H and O–H groups in total. The van der Waals surface area contributed by atoms with E-state index < -0.39 is 0 Å². The highest BCUT2D eigenvalue weighted by Gasteiger charge is 2.28. The maximum atomic E-state index is 11.5. The fourth-order valence-corrected chi connectivity index (χ4v) is 1.79. The lowest BCUT2D eigenvalue weighted by Crippen LogP contribution is -2.42. The molecule has 0 aliphatic carbocycles. The van der Waals surface area contributed by atoms with Gasteiger partial charge in [-0.2, -0.15) is 0 Å². The molecule has 0 aromatic carbocycles. The number of hydrogen-bond acceptors (Lipinski definition) is 2. The second-order valence-electron chi connectivity index (χ2n) is 3.18. The summed E-state index contributed by atoms with van der Waals surface area (Å²) in [5.74, 6) is 0.205. The molecule has 0 bridgehead atoms. The monoisotopic (exact) mass is 206 g/mol. The topological polar surface area (TPSA) is 32.3 Å². The van der Waals surface area contributed by atoms with E-state index in [4.69, 9.17) is 0 Å². The second-order valence-corrected chi connectivity index (χ2v) is 3.18. The van der Waals surface area contributed by atoms with Gasteiger partial charge in [-0.25, -0.2) is 0 Å². The zero-order valence-electron chi connectivity index (χ0n) is 8.38. The molecule has 1 aliphatic rings. The summed E-state index contributed by atoms with van der Waals surface area (Å²) in [6.07, 6.45) is 2.19. The molecule has 4 heteroatoms. The lowest BCUT2D eigenvalue weighted by atomic mass is 10.2. The van der Waals surface area contributed by atoms with Crippen LogP contribution in [0.2, 0.25) is 0 Å². The number of nitrogens with one attached hydrogen (secondary N) is 1. The van der Waals surface area contributed by atoms with Gasteiger partial charge in [-0.05, 0) is 32.9 Å². The number of likely N-dealkylation sites (N-methyl/N-ethyl adjacent to an activating group) is 2. The van der Waals surface area contributed by atoms with Gasteiger partial charge in [0.15, 0.2) is 0 Å². The Hall–Kier alpha value is -0.280. The molecule has 1 fully saturated rings. The average Bonchev–Trinajstić information content (AvgIpc) is 2.51. The van der Waals surface area contributed by atoms with E-state index in [1.165, 1.54) is 0 Å². The van der Waals surface area contributed by atoms with Crippen LogP contribution in [0.4, 0.5) is 0 Å². The zero-order valence-corrected chi connectivity index (χ0v) is 9.19. The highest BCUT2D eigenvalue weighted by Crippen LogP contribution is 2.16. The number of carbonyl (C=O) groups is 1. The Balaban J connectivity index is 0.00000144. The van der Waals surface area contributed by atoms with Crippen LogP contribution in [0, 0.1) is 0 Å². The summed E-state index contributed by atoms with van der Waals surface area (Å²) < 4.78 is 0. The van der Waals surface area contributed by atoms with Gasteiger partial charge in [-0.1, -0.05) is 6.92 Å². The van der Waals surface area contributed by atoms with Gasteiger partial charge in [-0.3, -0.25) is 9.69 Å². The first-order chi connectivity index (χ1) is 5.79. The fourth-order valence-electron chi connectivity index (χ4n) is 1.79. The Kier molecular flexibility index (Phi) is 6.08. The predicted octanol–water partition coefficient (Wildman–Crippen LogP) is 1.03. The third kappa shape index (κ3) is 3.16. The van der Waals surface area contributed by atoms with Crippen LogP contribution in [0.5, 0.6) is 0 Å². The molecule has 0 aromatic heterocycles.